The zero-order chi connectivity index (χ0) is 24.1. The van der Waals surface area contributed by atoms with Crippen molar-refractivity contribution in [3.63, 3.8) is 0 Å². The molecule has 1 aliphatic rings. The summed E-state index contributed by atoms with van der Waals surface area (Å²) in [4.78, 5) is 20.9. The Kier molecular flexibility index (Phi) is 7.39. The van der Waals surface area contributed by atoms with Crippen LogP contribution in [0.2, 0.25) is 0 Å². The normalized spacial score (nSPS) is 18.0. The van der Waals surface area contributed by atoms with Crippen LogP contribution in [0.15, 0.2) is 36.5 Å². The number of halogens is 1. The molecule has 34 heavy (non-hydrogen) atoms. The van der Waals surface area contributed by atoms with E-state index in [4.69, 9.17) is 20.9 Å². The highest BCUT2D eigenvalue weighted by Crippen LogP contribution is 2.33. The van der Waals surface area contributed by atoms with Gasteiger partial charge in [-0.25, -0.2) is 14.4 Å². The second kappa shape index (κ2) is 10.6. The molecule has 180 valence electrons. The standard InChI is InChI=1S/C24H29FN6O3/c1-33-10-11-34-24-15-7-3-2-6-14(15)20(13-28-24)30-22-16(21(27)32)12-17(25)23(31-22)29-19-9-5-4-8-18(19)26/h2-3,6-7,12-13,18-19H,4-5,8-11,26H2,1H3,(H2,27,32)(H2,29,30,31). The van der Waals surface area contributed by atoms with Crippen molar-refractivity contribution < 1.29 is 18.7 Å². The number of anilines is 3. The van der Waals surface area contributed by atoms with E-state index in [-0.39, 0.29) is 29.3 Å². The van der Waals surface area contributed by atoms with Crippen LogP contribution in [0.5, 0.6) is 5.88 Å². The van der Waals surface area contributed by atoms with Gasteiger partial charge in [-0.1, -0.05) is 31.0 Å². The number of nitrogens with zero attached hydrogens (tertiary/aromatic N) is 2. The topological polar surface area (TPSA) is 137 Å². The van der Waals surface area contributed by atoms with Gasteiger partial charge >= 0.3 is 0 Å². The Morgan fingerprint density at radius 2 is 1.94 bits per heavy atom. The molecule has 0 bridgehead atoms. The van der Waals surface area contributed by atoms with Crippen LogP contribution in [-0.2, 0) is 4.74 Å². The van der Waals surface area contributed by atoms with Crippen LogP contribution >= 0.6 is 0 Å². The average Bonchev–Trinajstić information content (AvgIpc) is 2.83. The van der Waals surface area contributed by atoms with Crippen LogP contribution in [0.25, 0.3) is 10.8 Å². The highest BCUT2D eigenvalue weighted by atomic mass is 19.1. The number of hydrogen-bond acceptors (Lipinski definition) is 8. The fourth-order valence-electron chi connectivity index (χ4n) is 4.12. The molecule has 6 N–H and O–H groups in total. The molecule has 0 aliphatic heterocycles. The van der Waals surface area contributed by atoms with Crippen molar-refractivity contribution in [2.24, 2.45) is 11.5 Å². The zero-order valence-corrected chi connectivity index (χ0v) is 19.0. The summed E-state index contributed by atoms with van der Waals surface area (Å²) >= 11 is 0. The van der Waals surface area contributed by atoms with E-state index in [1.54, 1.807) is 13.3 Å². The van der Waals surface area contributed by atoms with Crippen LogP contribution < -0.4 is 26.8 Å². The van der Waals surface area contributed by atoms with Gasteiger partial charge in [0.25, 0.3) is 5.91 Å². The van der Waals surface area contributed by atoms with Crippen LogP contribution in [0, 0.1) is 5.82 Å². The van der Waals surface area contributed by atoms with E-state index in [0.29, 0.717) is 24.8 Å². The van der Waals surface area contributed by atoms with Crippen molar-refractivity contribution in [1.82, 2.24) is 9.97 Å². The minimum Gasteiger partial charge on any atom is -0.475 e. The molecule has 9 nitrogen and oxygen atoms in total. The van der Waals surface area contributed by atoms with E-state index in [1.165, 1.54) is 0 Å². The van der Waals surface area contributed by atoms with Gasteiger partial charge in [0.2, 0.25) is 5.88 Å². The first-order valence-electron chi connectivity index (χ1n) is 11.3. The SMILES string of the molecule is COCCOc1ncc(Nc2nc(NC3CCCCC3N)c(F)cc2C(N)=O)c2ccccc12. The molecule has 1 amide bonds. The van der Waals surface area contributed by atoms with E-state index in [9.17, 15) is 9.18 Å². The minimum atomic E-state index is -0.799. The Morgan fingerprint density at radius 3 is 2.68 bits per heavy atom. The molecular formula is C24H29FN6O3. The number of benzene rings is 1. The van der Waals surface area contributed by atoms with Gasteiger partial charge in [-0.3, -0.25) is 4.79 Å². The fourth-order valence-corrected chi connectivity index (χ4v) is 4.12. The number of carbonyl (C=O) groups is 1. The van der Waals surface area contributed by atoms with Crippen molar-refractivity contribution in [3.8, 4) is 5.88 Å². The molecule has 1 aliphatic carbocycles. The number of ether oxygens (including phenoxy) is 2. The minimum absolute atomic E-state index is 0.0200. The number of pyridine rings is 2. The lowest BCUT2D eigenvalue weighted by molar-refractivity contribution is 0.100. The first-order valence-corrected chi connectivity index (χ1v) is 11.3. The zero-order valence-electron chi connectivity index (χ0n) is 19.0. The van der Waals surface area contributed by atoms with Crippen LogP contribution in [0.3, 0.4) is 0 Å². The van der Waals surface area contributed by atoms with Crippen LogP contribution in [0.4, 0.5) is 21.7 Å². The maximum atomic E-state index is 14.8. The van der Waals surface area contributed by atoms with Gasteiger partial charge < -0.3 is 31.6 Å². The van der Waals surface area contributed by atoms with E-state index < -0.39 is 11.7 Å². The molecule has 1 fully saturated rings. The second-order valence-electron chi connectivity index (χ2n) is 8.27. The summed E-state index contributed by atoms with van der Waals surface area (Å²) in [7, 11) is 1.60. The smallest absolute Gasteiger partial charge is 0.252 e. The van der Waals surface area contributed by atoms with Gasteiger partial charge in [0.1, 0.15) is 12.4 Å². The van der Waals surface area contributed by atoms with Crippen molar-refractivity contribution in [3.05, 3.63) is 47.9 Å². The van der Waals surface area contributed by atoms with Crippen molar-refractivity contribution in [2.75, 3.05) is 31.0 Å². The molecule has 2 atom stereocenters. The van der Waals surface area contributed by atoms with E-state index in [0.717, 1.165) is 42.5 Å². The third-order valence-electron chi connectivity index (χ3n) is 5.92. The lowest BCUT2D eigenvalue weighted by atomic mass is 9.91. The number of nitrogens with one attached hydrogen (secondary N) is 2. The molecule has 1 aromatic carbocycles. The van der Waals surface area contributed by atoms with Gasteiger partial charge in [-0.15, -0.1) is 0 Å². The first-order chi connectivity index (χ1) is 16.5. The predicted octanol–water partition coefficient (Wildman–Crippen LogP) is 3.32. The van der Waals surface area contributed by atoms with Crippen LogP contribution in [0.1, 0.15) is 36.0 Å². The largest absolute Gasteiger partial charge is 0.475 e. The van der Waals surface area contributed by atoms with Gasteiger partial charge in [-0.2, -0.15) is 0 Å². The number of aromatic nitrogens is 2. The molecule has 1 saturated carbocycles. The maximum Gasteiger partial charge on any atom is 0.252 e. The van der Waals surface area contributed by atoms with Gasteiger partial charge in [0.15, 0.2) is 11.6 Å². The summed E-state index contributed by atoms with van der Waals surface area (Å²) < 4.78 is 25.6. The number of amides is 1. The van der Waals surface area contributed by atoms with Crippen molar-refractivity contribution in [1.29, 1.82) is 0 Å². The molecular weight excluding hydrogens is 439 g/mol. The first kappa shape index (κ1) is 23.7. The van der Waals surface area contributed by atoms with Gasteiger partial charge in [0, 0.05) is 30.0 Å². The van der Waals surface area contributed by atoms with Gasteiger partial charge in [0.05, 0.1) is 24.1 Å². The highest BCUT2D eigenvalue weighted by molar-refractivity contribution is 6.02. The second-order valence-corrected chi connectivity index (χ2v) is 8.27. The molecule has 0 radical (unpaired) electrons. The highest BCUT2D eigenvalue weighted by Gasteiger charge is 2.24. The van der Waals surface area contributed by atoms with Crippen molar-refractivity contribution >= 4 is 34.0 Å². The monoisotopic (exact) mass is 468 g/mol. The number of rotatable bonds is 9. The summed E-state index contributed by atoms with van der Waals surface area (Å²) in [6.45, 7) is 0.780. The summed E-state index contributed by atoms with van der Waals surface area (Å²) in [5, 5.41) is 7.78. The fraction of sp³-hybridized carbons (Fsp3) is 0.375. The molecule has 0 saturated heterocycles. The molecule has 4 rings (SSSR count). The third kappa shape index (κ3) is 5.18. The molecule has 0 spiro atoms. The summed E-state index contributed by atoms with van der Waals surface area (Å²) in [5.74, 6) is -0.866. The molecule has 2 aromatic heterocycles. The Hall–Kier alpha value is -3.50. The van der Waals surface area contributed by atoms with E-state index in [1.807, 2.05) is 24.3 Å². The van der Waals surface area contributed by atoms with Crippen LogP contribution in [-0.4, -0.2) is 48.3 Å². The molecule has 3 aromatic rings. The van der Waals surface area contributed by atoms with Crippen molar-refractivity contribution in [2.45, 2.75) is 37.8 Å². The predicted molar refractivity (Wildman–Crippen MR) is 129 cm³/mol. The molecule has 2 unspecified atom stereocenters. The maximum absolute atomic E-state index is 14.8. The lowest BCUT2D eigenvalue weighted by Gasteiger charge is -2.30. The molecule has 10 heteroatoms. The number of hydrogen-bond donors (Lipinski definition) is 4. The molecule has 2 heterocycles. The number of fused-ring (bicyclic) bond motifs is 1. The Bertz CT molecular complexity index is 1170. The summed E-state index contributed by atoms with van der Waals surface area (Å²) in [6.07, 6.45) is 5.31. The Morgan fingerprint density at radius 1 is 1.18 bits per heavy atom. The summed E-state index contributed by atoms with van der Waals surface area (Å²) in [6, 6.07) is 8.40. The Balaban J connectivity index is 1.68. The lowest BCUT2D eigenvalue weighted by Crippen LogP contribution is -2.43. The quantitative estimate of drug-likeness (QED) is 0.351. The van der Waals surface area contributed by atoms with E-state index >= 15 is 0 Å². The summed E-state index contributed by atoms with van der Waals surface area (Å²) in [5.41, 5.74) is 12.2. The average molecular weight is 469 g/mol. The number of carbonyl (C=O) groups excluding carboxylic acids is 1. The Labute approximate surface area is 197 Å². The third-order valence-corrected chi connectivity index (χ3v) is 5.92. The number of primary amides is 1. The number of methoxy groups -OCH3 is 1. The van der Waals surface area contributed by atoms with E-state index in [2.05, 4.69) is 20.6 Å². The van der Waals surface area contributed by atoms with Gasteiger partial charge in [-0.05, 0) is 25.0 Å². The number of nitrogens with two attached hydrogens (primary N) is 2.